The van der Waals surface area contributed by atoms with Crippen LogP contribution in [0.4, 0.5) is 0 Å². The van der Waals surface area contributed by atoms with Crippen LogP contribution in [-0.2, 0) is 14.3 Å². The largest absolute Gasteiger partial charge is 0.466 e. The first-order valence-corrected chi connectivity index (χ1v) is 31.6. The van der Waals surface area contributed by atoms with Gasteiger partial charge in [-0.1, -0.05) is 282 Å². The highest BCUT2D eigenvalue weighted by Crippen LogP contribution is 2.18. The number of nitrogens with one attached hydrogen (secondary N) is 1. The Bertz CT molecular complexity index is 1090. The van der Waals surface area contributed by atoms with E-state index in [1.165, 1.54) is 270 Å². The van der Waals surface area contributed by atoms with E-state index in [0.29, 0.717) is 25.9 Å². The van der Waals surface area contributed by atoms with Crippen LogP contribution in [0, 0.1) is 0 Å². The molecular formula is C64H123NO5. The Morgan fingerprint density at radius 2 is 0.671 bits per heavy atom. The minimum Gasteiger partial charge on any atom is -0.466 e. The molecule has 70 heavy (non-hydrogen) atoms. The van der Waals surface area contributed by atoms with Crippen molar-refractivity contribution in [1.82, 2.24) is 5.32 Å². The number of carbonyl (C=O) groups is 2. The van der Waals surface area contributed by atoms with E-state index in [2.05, 4.69) is 43.5 Å². The van der Waals surface area contributed by atoms with Crippen LogP contribution in [0.2, 0.25) is 0 Å². The number of carbonyl (C=O) groups excluding carboxylic acids is 2. The maximum atomic E-state index is 12.5. The molecule has 0 bridgehead atoms. The minimum absolute atomic E-state index is 0.00175. The molecule has 414 valence electrons. The van der Waals surface area contributed by atoms with Crippen LogP contribution in [0.1, 0.15) is 348 Å². The molecule has 6 nitrogen and oxygen atoms in total. The summed E-state index contributed by atoms with van der Waals surface area (Å²) < 4.78 is 5.47. The molecule has 0 saturated carbocycles. The highest BCUT2D eigenvalue weighted by atomic mass is 16.5. The van der Waals surface area contributed by atoms with Crippen molar-refractivity contribution in [2.75, 3.05) is 13.2 Å². The maximum absolute atomic E-state index is 12.5. The van der Waals surface area contributed by atoms with E-state index in [-0.39, 0.29) is 18.5 Å². The number of esters is 1. The van der Waals surface area contributed by atoms with Crippen LogP contribution in [0.15, 0.2) is 24.3 Å². The maximum Gasteiger partial charge on any atom is 0.305 e. The zero-order valence-corrected chi connectivity index (χ0v) is 47.3. The monoisotopic (exact) mass is 986 g/mol. The van der Waals surface area contributed by atoms with E-state index in [1.807, 2.05) is 0 Å². The predicted molar refractivity (Wildman–Crippen MR) is 306 cm³/mol. The number of amides is 1. The van der Waals surface area contributed by atoms with Gasteiger partial charge >= 0.3 is 5.97 Å². The summed E-state index contributed by atoms with van der Waals surface area (Å²) in [5.74, 6) is -0.0425. The van der Waals surface area contributed by atoms with Crippen molar-refractivity contribution in [3.63, 3.8) is 0 Å². The Labute approximate surface area is 437 Å². The van der Waals surface area contributed by atoms with Gasteiger partial charge in [-0.15, -0.1) is 0 Å². The van der Waals surface area contributed by atoms with Crippen LogP contribution in [0.25, 0.3) is 0 Å². The summed E-state index contributed by atoms with van der Waals surface area (Å²) in [6, 6.07) is -0.548. The molecule has 0 radical (unpaired) electrons. The van der Waals surface area contributed by atoms with Gasteiger partial charge in [0, 0.05) is 12.8 Å². The van der Waals surface area contributed by atoms with Crippen LogP contribution >= 0.6 is 0 Å². The van der Waals surface area contributed by atoms with Gasteiger partial charge in [-0.3, -0.25) is 9.59 Å². The van der Waals surface area contributed by atoms with Gasteiger partial charge in [0.05, 0.1) is 25.4 Å². The molecule has 0 aromatic carbocycles. The molecule has 0 aliphatic heterocycles. The SMILES string of the molecule is CCCCCCC/C=C\CCCCCCCC(=O)OCCCCCCCCCCC/C=C\CCCCCCCCCC(=O)NC(CO)C(O)CCCCCCCCCCCCCCCCCCCCC. The van der Waals surface area contributed by atoms with Gasteiger partial charge in [-0.2, -0.15) is 0 Å². The smallest absolute Gasteiger partial charge is 0.305 e. The number of unbranched alkanes of at least 4 members (excludes halogenated alkanes) is 44. The zero-order chi connectivity index (χ0) is 50.7. The second kappa shape index (κ2) is 59.9. The van der Waals surface area contributed by atoms with Crippen LogP contribution in [0.5, 0.6) is 0 Å². The Morgan fingerprint density at radius 1 is 0.386 bits per heavy atom. The first-order valence-electron chi connectivity index (χ1n) is 31.6. The summed E-state index contributed by atoms with van der Waals surface area (Å²) >= 11 is 0. The third kappa shape index (κ3) is 55.7. The standard InChI is InChI=1S/C64H123NO5/c1-3-5-7-9-11-13-15-17-19-20-23-26-29-32-36-40-44-48-52-56-62(67)61(60-66)65-63(68)57-53-49-45-41-37-33-30-27-24-21-22-25-28-31-35-39-43-47-51-55-59-70-64(69)58-54-50-46-42-38-34-18-16-14-12-10-8-6-4-2/h16,18,21,24,61-62,66-67H,3-15,17,19-20,22-23,25-60H2,1-2H3,(H,65,68)/b18-16-,24-21-. The number of hydrogen-bond donors (Lipinski definition) is 3. The molecule has 0 aromatic rings. The minimum atomic E-state index is -0.670. The second-order valence-corrected chi connectivity index (χ2v) is 21.7. The Balaban J connectivity index is 3.43. The van der Waals surface area contributed by atoms with Crippen molar-refractivity contribution in [1.29, 1.82) is 0 Å². The summed E-state index contributed by atoms with van der Waals surface area (Å²) in [5, 5.41) is 23.3. The lowest BCUT2D eigenvalue weighted by atomic mass is 10.0. The van der Waals surface area contributed by atoms with E-state index in [4.69, 9.17) is 4.74 Å². The molecule has 0 fully saturated rings. The summed E-state index contributed by atoms with van der Waals surface area (Å²) in [6.07, 6.45) is 73.3. The second-order valence-electron chi connectivity index (χ2n) is 21.7. The molecule has 6 heteroatoms. The van der Waals surface area contributed by atoms with E-state index < -0.39 is 12.1 Å². The Morgan fingerprint density at radius 3 is 1.01 bits per heavy atom. The lowest BCUT2D eigenvalue weighted by molar-refractivity contribution is -0.143. The van der Waals surface area contributed by atoms with Gasteiger partial charge in [-0.05, 0) is 77.0 Å². The normalized spacial score (nSPS) is 12.7. The van der Waals surface area contributed by atoms with Gasteiger partial charge in [0.2, 0.25) is 5.91 Å². The first-order chi connectivity index (χ1) is 34.5. The first kappa shape index (κ1) is 68.3. The number of aliphatic hydroxyl groups is 2. The van der Waals surface area contributed by atoms with Gasteiger partial charge in [0.15, 0.2) is 0 Å². The fraction of sp³-hybridized carbons (Fsp3) is 0.906. The highest BCUT2D eigenvalue weighted by Gasteiger charge is 2.20. The van der Waals surface area contributed by atoms with E-state index in [9.17, 15) is 19.8 Å². The molecule has 3 N–H and O–H groups in total. The molecule has 2 atom stereocenters. The van der Waals surface area contributed by atoms with Crippen molar-refractivity contribution in [2.24, 2.45) is 0 Å². The highest BCUT2D eigenvalue weighted by molar-refractivity contribution is 5.76. The van der Waals surface area contributed by atoms with Crippen molar-refractivity contribution in [3.8, 4) is 0 Å². The molecule has 0 aromatic heterocycles. The van der Waals surface area contributed by atoms with Crippen molar-refractivity contribution in [3.05, 3.63) is 24.3 Å². The molecule has 2 unspecified atom stereocenters. The van der Waals surface area contributed by atoms with Crippen LogP contribution in [-0.4, -0.2) is 47.4 Å². The average molecular weight is 987 g/mol. The molecule has 0 aliphatic carbocycles. The molecule has 0 heterocycles. The lowest BCUT2D eigenvalue weighted by Crippen LogP contribution is -2.45. The fourth-order valence-electron chi connectivity index (χ4n) is 9.87. The fourth-order valence-corrected chi connectivity index (χ4v) is 9.87. The van der Waals surface area contributed by atoms with Crippen LogP contribution < -0.4 is 5.32 Å². The van der Waals surface area contributed by atoms with E-state index >= 15 is 0 Å². The van der Waals surface area contributed by atoms with Gasteiger partial charge in [-0.25, -0.2) is 0 Å². The van der Waals surface area contributed by atoms with E-state index in [1.54, 1.807) is 0 Å². The van der Waals surface area contributed by atoms with Crippen molar-refractivity contribution < 1.29 is 24.5 Å². The lowest BCUT2D eigenvalue weighted by Gasteiger charge is -2.22. The van der Waals surface area contributed by atoms with E-state index in [0.717, 1.165) is 44.9 Å². The van der Waals surface area contributed by atoms with Gasteiger partial charge in [0.25, 0.3) is 0 Å². The summed E-state index contributed by atoms with van der Waals surface area (Å²) in [7, 11) is 0. The number of allylic oxidation sites excluding steroid dienone is 4. The summed E-state index contributed by atoms with van der Waals surface area (Å²) in [5.41, 5.74) is 0. The predicted octanol–water partition coefficient (Wildman–Crippen LogP) is 19.8. The Hall–Kier alpha value is -1.66. The molecule has 0 rings (SSSR count). The summed E-state index contributed by atoms with van der Waals surface area (Å²) in [4.78, 5) is 24.6. The quantitative estimate of drug-likeness (QED) is 0.0321. The zero-order valence-electron chi connectivity index (χ0n) is 47.3. The number of ether oxygens (including phenoxy) is 1. The summed E-state index contributed by atoms with van der Waals surface area (Å²) in [6.45, 7) is 4.95. The van der Waals surface area contributed by atoms with Crippen molar-refractivity contribution in [2.45, 2.75) is 360 Å². The van der Waals surface area contributed by atoms with Crippen molar-refractivity contribution >= 4 is 11.9 Å². The molecule has 0 spiro atoms. The average Bonchev–Trinajstić information content (AvgIpc) is 3.36. The molecule has 0 aliphatic rings. The Kier molecular flexibility index (Phi) is 58.5. The number of rotatable bonds is 59. The molecule has 1 amide bonds. The third-order valence-corrected chi connectivity index (χ3v) is 14.7. The topological polar surface area (TPSA) is 95.9 Å². The number of hydrogen-bond acceptors (Lipinski definition) is 5. The number of aliphatic hydroxyl groups excluding tert-OH is 2. The molecular weight excluding hydrogens is 863 g/mol. The third-order valence-electron chi connectivity index (χ3n) is 14.7. The van der Waals surface area contributed by atoms with Crippen LogP contribution in [0.3, 0.4) is 0 Å². The van der Waals surface area contributed by atoms with Gasteiger partial charge in [0.1, 0.15) is 0 Å². The van der Waals surface area contributed by atoms with Gasteiger partial charge < -0.3 is 20.3 Å². The molecule has 0 saturated heterocycles.